The number of anilines is 1. The molecule has 5 heteroatoms. The molecular weight excluding hydrogens is 398 g/mol. The normalized spacial score (nSPS) is 24.3. The van der Waals surface area contributed by atoms with E-state index in [1.54, 1.807) is 0 Å². The molecule has 3 aliphatic heterocycles. The maximum absolute atomic E-state index is 13.3. The van der Waals surface area contributed by atoms with Gasteiger partial charge in [-0.15, -0.1) is 0 Å². The monoisotopic (exact) mass is 433 g/mol. The van der Waals surface area contributed by atoms with Gasteiger partial charge >= 0.3 is 0 Å². The highest BCUT2D eigenvalue weighted by atomic mass is 16.1. The Bertz CT molecular complexity index is 1060. The Labute approximate surface area is 191 Å². The van der Waals surface area contributed by atoms with Crippen LogP contribution in [0.5, 0.6) is 0 Å². The molecule has 1 aromatic rings. The summed E-state index contributed by atoms with van der Waals surface area (Å²) in [7, 11) is 2.11. The van der Waals surface area contributed by atoms with E-state index in [4.69, 9.17) is 0 Å². The molecule has 1 amide bonds. The number of amides is 1. The molecule has 1 aliphatic carbocycles. The van der Waals surface area contributed by atoms with Crippen LogP contribution in [0.1, 0.15) is 68.4 Å². The molecule has 1 saturated carbocycles. The summed E-state index contributed by atoms with van der Waals surface area (Å²) < 4.78 is 0. The number of rotatable bonds is 3. The van der Waals surface area contributed by atoms with Gasteiger partial charge in [0.05, 0.1) is 11.7 Å². The average molecular weight is 434 g/mol. The van der Waals surface area contributed by atoms with Crippen molar-refractivity contribution in [2.45, 2.75) is 65.8 Å². The van der Waals surface area contributed by atoms with Gasteiger partial charge in [0.15, 0.2) is 5.78 Å². The maximum atomic E-state index is 13.3. The Hall–Kier alpha value is -2.56. The second kappa shape index (κ2) is 7.50. The van der Waals surface area contributed by atoms with Crippen molar-refractivity contribution in [3.63, 3.8) is 0 Å². The second-order valence-electron chi connectivity index (χ2n) is 11.2. The minimum Gasteiger partial charge on any atom is -0.378 e. The zero-order chi connectivity index (χ0) is 22.8. The molecule has 32 heavy (non-hydrogen) atoms. The van der Waals surface area contributed by atoms with Crippen molar-refractivity contribution in [3.05, 3.63) is 51.9 Å². The molecule has 1 aromatic carbocycles. The number of carbonyl (C=O) groups excluding carboxylic acids is 2. The summed E-state index contributed by atoms with van der Waals surface area (Å²) in [5, 5.41) is 3.03. The van der Waals surface area contributed by atoms with Crippen LogP contribution in [0, 0.1) is 11.3 Å². The van der Waals surface area contributed by atoms with E-state index < -0.39 is 0 Å². The summed E-state index contributed by atoms with van der Waals surface area (Å²) in [5.74, 6) is 0.834. The van der Waals surface area contributed by atoms with Gasteiger partial charge in [0, 0.05) is 49.6 Å². The van der Waals surface area contributed by atoms with Crippen LogP contribution in [0.4, 0.5) is 5.69 Å². The van der Waals surface area contributed by atoms with Crippen LogP contribution in [0.15, 0.2) is 35.2 Å². The van der Waals surface area contributed by atoms with E-state index in [0.717, 1.165) is 60.2 Å². The van der Waals surface area contributed by atoms with Crippen LogP contribution in [0.2, 0.25) is 0 Å². The number of Topliss-reactive ketones (excluding diaryl/α,β-unsaturated/α-hetero) is 1. The zero-order valence-electron chi connectivity index (χ0n) is 20.0. The Balaban J connectivity index is 1.68. The highest BCUT2D eigenvalue weighted by Crippen LogP contribution is 2.50. The molecule has 1 fully saturated rings. The molecule has 170 valence electrons. The average Bonchev–Trinajstić information content (AvgIpc) is 2.99. The summed E-state index contributed by atoms with van der Waals surface area (Å²) in [6.45, 7) is 10.5. The van der Waals surface area contributed by atoms with Crippen LogP contribution in [-0.2, 0) is 17.6 Å². The molecule has 5 rings (SSSR count). The number of ketones is 1. The first-order valence-electron chi connectivity index (χ1n) is 12.1. The van der Waals surface area contributed by atoms with Gasteiger partial charge in [-0.1, -0.05) is 27.7 Å². The number of fused-ring (bicyclic) bond motifs is 3. The standard InChI is InChI=1S/C27H35N3O2/c1-16(2)10-18-12-19(11-17-6-8-28-26(32)24(17)18)30-21-13-27(3,4)14-23(31)25(21)20-7-9-29(5)15-22(20)30/h11-12,15-16,21H,6-10,13-14H2,1-5H3,(H,28,32). The van der Waals surface area contributed by atoms with Crippen molar-refractivity contribution < 1.29 is 9.59 Å². The third-order valence-electron chi connectivity index (χ3n) is 7.38. The van der Waals surface area contributed by atoms with E-state index >= 15 is 0 Å². The topological polar surface area (TPSA) is 52.7 Å². The van der Waals surface area contributed by atoms with Gasteiger partial charge < -0.3 is 15.1 Å². The fourth-order valence-corrected chi connectivity index (χ4v) is 6.11. The number of nitrogens with zero attached hydrogens (tertiary/aromatic N) is 2. The number of carbonyl (C=O) groups is 2. The number of hydrogen-bond acceptors (Lipinski definition) is 4. The van der Waals surface area contributed by atoms with Crippen LogP contribution in [0.25, 0.3) is 0 Å². The number of benzene rings is 1. The third kappa shape index (κ3) is 3.46. The van der Waals surface area contributed by atoms with E-state index in [2.05, 4.69) is 68.2 Å². The lowest BCUT2D eigenvalue weighted by Gasteiger charge is -2.40. The van der Waals surface area contributed by atoms with Crippen molar-refractivity contribution in [3.8, 4) is 0 Å². The van der Waals surface area contributed by atoms with Crippen molar-refractivity contribution in [2.75, 3.05) is 25.0 Å². The first-order chi connectivity index (χ1) is 15.1. The SMILES string of the molecule is CC(C)Cc1cc(N2C3=CN(C)CCC3=C3C(=O)CC(C)(C)CC32)cc2c1C(=O)NCC2. The highest BCUT2D eigenvalue weighted by Gasteiger charge is 2.47. The van der Waals surface area contributed by atoms with E-state index in [-0.39, 0.29) is 17.4 Å². The summed E-state index contributed by atoms with van der Waals surface area (Å²) >= 11 is 0. The van der Waals surface area contributed by atoms with Gasteiger partial charge in [-0.2, -0.15) is 0 Å². The molecule has 1 atom stereocenters. The van der Waals surface area contributed by atoms with E-state index in [0.29, 0.717) is 24.7 Å². The van der Waals surface area contributed by atoms with Crippen molar-refractivity contribution in [1.82, 2.24) is 10.2 Å². The van der Waals surface area contributed by atoms with Gasteiger partial charge in [0.25, 0.3) is 5.91 Å². The van der Waals surface area contributed by atoms with E-state index in [1.165, 1.54) is 11.3 Å². The first-order valence-corrected chi connectivity index (χ1v) is 12.1. The second-order valence-corrected chi connectivity index (χ2v) is 11.2. The Morgan fingerprint density at radius 1 is 1.19 bits per heavy atom. The minimum atomic E-state index is -0.0150. The fourth-order valence-electron chi connectivity index (χ4n) is 6.11. The van der Waals surface area contributed by atoms with Crippen LogP contribution >= 0.6 is 0 Å². The van der Waals surface area contributed by atoms with Gasteiger partial charge in [-0.25, -0.2) is 0 Å². The van der Waals surface area contributed by atoms with Crippen molar-refractivity contribution >= 4 is 17.4 Å². The van der Waals surface area contributed by atoms with Crippen molar-refractivity contribution in [2.24, 2.45) is 11.3 Å². The highest BCUT2D eigenvalue weighted by molar-refractivity contribution is 6.03. The molecule has 0 radical (unpaired) electrons. The Kier molecular flexibility index (Phi) is 4.99. The summed E-state index contributed by atoms with van der Waals surface area (Å²) in [6, 6.07) is 4.53. The van der Waals surface area contributed by atoms with Crippen LogP contribution in [-0.4, -0.2) is 42.8 Å². The number of hydrogen-bond donors (Lipinski definition) is 1. The predicted molar refractivity (Wildman–Crippen MR) is 128 cm³/mol. The van der Waals surface area contributed by atoms with Gasteiger partial charge in [0.2, 0.25) is 0 Å². The largest absolute Gasteiger partial charge is 0.378 e. The van der Waals surface area contributed by atoms with Gasteiger partial charge in [-0.05, 0) is 65.8 Å². The summed E-state index contributed by atoms with van der Waals surface area (Å²) in [4.78, 5) is 30.7. The van der Waals surface area contributed by atoms with Gasteiger partial charge in [0.1, 0.15) is 0 Å². The van der Waals surface area contributed by atoms with E-state index in [1.807, 2.05) is 0 Å². The van der Waals surface area contributed by atoms with Crippen LogP contribution in [0.3, 0.4) is 0 Å². The number of allylic oxidation sites excluding steroid dienone is 1. The predicted octanol–water partition coefficient (Wildman–Crippen LogP) is 4.22. The first kappa shape index (κ1) is 21.3. The Morgan fingerprint density at radius 3 is 2.72 bits per heavy atom. The molecular formula is C27H35N3O2. The lowest BCUT2D eigenvalue weighted by molar-refractivity contribution is -0.119. The maximum Gasteiger partial charge on any atom is 0.251 e. The molecule has 0 spiro atoms. The zero-order valence-corrected chi connectivity index (χ0v) is 20.0. The lowest BCUT2D eigenvalue weighted by atomic mass is 9.71. The van der Waals surface area contributed by atoms with Gasteiger partial charge in [-0.3, -0.25) is 9.59 Å². The van der Waals surface area contributed by atoms with Crippen molar-refractivity contribution in [1.29, 1.82) is 0 Å². The molecule has 4 aliphatic rings. The number of nitrogens with one attached hydrogen (secondary N) is 1. The minimum absolute atomic E-state index is 0.0150. The lowest BCUT2D eigenvalue weighted by Crippen LogP contribution is -2.42. The van der Waals surface area contributed by atoms with E-state index in [9.17, 15) is 9.59 Å². The molecule has 1 N–H and O–H groups in total. The van der Waals surface area contributed by atoms with Crippen LogP contribution < -0.4 is 10.2 Å². The molecule has 0 saturated heterocycles. The fraction of sp³-hybridized carbons (Fsp3) is 0.556. The molecule has 0 bridgehead atoms. The molecule has 1 unspecified atom stereocenters. The quantitative estimate of drug-likeness (QED) is 0.775. The summed E-state index contributed by atoms with van der Waals surface area (Å²) in [5.41, 5.74) is 7.74. The molecule has 3 heterocycles. The molecule has 0 aromatic heterocycles. The Morgan fingerprint density at radius 2 is 1.97 bits per heavy atom. The molecule has 5 nitrogen and oxygen atoms in total. The smallest absolute Gasteiger partial charge is 0.251 e. The third-order valence-corrected chi connectivity index (χ3v) is 7.38. The summed E-state index contributed by atoms with van der Waals surface area (Å²) in [6.07, 6.45) is 6.47.